The summed E-state index contributed by atoms with van der Waals surface area (Å²) < 4.78 is 27.8. The lowest BCUT2D eigenvalue weighted by Crippen LogP contribution is -2.10. The minimum absolute atomic E-state index is 0.141. The largest absolute Gasteiger partial charge is 0.519 e. The van der Waals surface area contributed by atoms with Crippen LogP contribution in [-0.4, -0.2) is 32.3 Å². The summed E-state index contributed by atoms with van der Waals surface area (Å²) in [7, 11) is 0. The van der Waals surface area contributed by atoms with Crippen LogP contribution in [0.25, 0.3) is 33.5 Å². The summed E-state index contributed by atoms with van der Waals surface area (Å²) in [6.45, 7) is 4.10. The molecule has 3 aromatic heterocycles. The van der Waals surface area contributed by atoms with Gasteiger partial charge in [-0.2, -0.15) is 4.98 Å². The van der Waals surface area contributed by atoms with Crippen LogP contribution in [0.2, 0.25) is 0 Å². The van der Waals surface area contributed by atoms with Gasteiger partial charge in [0.15, 0.2) is 24.0 Å². The number of carbonyl (C=O) groups is 1. The van der Waals surface area contributed by atoms with E-state index < -0.39 is 17.5 Å². The Hall–Kier alpha value is -5.65. The minimum Gasteiger partial charge on any atom is -0.465 e. The second-order valence-corrected chi connectivity index (χ2v) is 9.70. The van der Waals surface area contributed by atoms with Crippen molar-refractivity contribution >= 4 is 17.0 Å². The maximum atomic E-state index is 13.2. The number of aryl methyl sites for hydroxylation is 1. The van der Waals surface area contributed by atoms with Crippen molar-refractivity contribution in [2.45, 2.75) is 33.4 Å². The number of carbonyl (C=O) groups excluding carboxylic acids is 1. The van der Waals surface area contributed by atoms with E-state index in [4.69, 9.17) is 22.8 Å². The second-order valence-electron chi connectivity index (χ2n) is 9.70. The number of benzene rings is 3. The molecule has 0 aliphatic heterocycles. The average Bonchev–Trinajstić information content (AvgIpc) is 3.70. The molecule has 0 radical (unpaired) electrons. The summed E-state index contributed by atoms with van der Waals surface area (Å²) in [5, 5.41) is 3.83. The topological polar surface area (TPSA) is 156 Å². The lowest BCUT2D eigenvalue weighted by atomic mass is 9.98. The van der Waals surface area contributed by atoms with Crippen LogP contribution in [0.1, 0.15) is 40.8 Å². The summed E-state index contributed by atoms with van der Waals surface area (Å²) in [6, 6.07) is 21.0. The van der Waals surface area contributed by atoms with Crippen molar-refractivity contribution in [1.29, 1.82) is 0 Å². The van der Waals surface area contributed by atoms with Crippen LogP contribution < -0.4 is 16.3 Å². The van der Waals surface area contributed by atoms with Crippen molar-refractivity contribution in [2.75, 3.05) is 6.61 Å². The highest BCUT2D eigenvalue weighted by Crippen LogP contribution is 2.31. The molecule has 0 spiro atoms. The third-order valence-electron chi connectivity index (χ3n) is 6.78. The first-order valence-electron chi connectivity index (χ1n) is 13.5. The molecule has 0 aliphatic rings. The molecule has 0 unspecified atom stereocenters. The predicted molar refractivity (Wildman–Crippen MR) is 154 cm³/mol. The predicted octanol–water partition coefficient (Wildman–Crippen LogP) is 5.10. The first kappa shape index (κ1) is 27.5. The van der Waals surface area contributed by atoms with Crippen molar-refractivity contribution < 1.29 is 27.6 Å². The third kappa shape index (κ3) is 5.62. The Morgan fingerprint density at radius 1 is 0.977 bits per heavy atom. The van der Waals surface area contributed by atoms with Crippen LogP contribution in [0.4, 0.5) is 0 Å². The third-order valence-corrected chi connectivity index (χ3v) is 6.78. The molecule has 0 atom stereocenters. The van der Waals surface area contributed by atoms with Crippen molar-refractivity contribution in [1.82, 2.24) is 19.7 Å². The zero-order valence-corrected chi connectivity index (χ0v) is 23.3. The highest BCUT2D eigenvalue weighted by Gasteiger charge is 2.22. The van der Waals surface area contributed by atoms with E-state index in [1.165, 1.54) is 0 Å². The molecular formula is C31H26N4O8. The Morgan fingerprint density at radius 3 is 2.47 bits per heavy atom. The van der Waals surface area contributed by atoms with Crippen LogP contribution in [0.15, 0.2) is 89.7 Å². The summed E-state index contributed by atoms with van der Waals surface area (Å²) in [5.41, 5.74) is 4.83. The van der Waals surface area contributed by atoms with E-state index in [9.17, 15) is 14.4 Å². The summed E-state index contributed by atoms with van der Waals surface area (Å²) >= 11 is 0. The fourth-order valence-corrected chi connectivity index (χ4v) is 4.75. The zero-order chi connectivity index (χ0) is 29.9. The molecule has 43 heavy (non-hydrogen) atoms. The van der Waals surface area contributed by atoms with Crippen molar-refractivity contribution in [3.8, 4) is 28.5 Å². The van der Waals surface area contributed by atoms with Gasteiger partial charge in [0, 0.05) is 5.56 Å². The Bertz CT molecular complexity index is 2030. The van der Waals surface area contributed by atoms with Gasteiger partial charge in [-0.25, -0.2) is 14.4 Å². The number of nitrogens with zero attached hydrogens (tertiary/aromatic N) is 3. The maximum Gasteiger partial charge on any atom is 0.519 e. The number of aromatic amines is 1. The van der Waals surface area contributed by atoms with Crippen molar-refractivity contribution in [3.63, 3.8) is 0 Å². The molecule has 6 aromatic rings. The molecule has 3 aromatic carbocycles. The fourth-order valence-electron chi connectivity index (χ4n) is 4.75. The van der Waals surface area contributed by atoms with Gasteiger partial charge in [-0.3, -0.25) is 14.1 Å². The van der Waals surface area contributed by atoms with E-state index in [1.807, 2.05) is 60.0 Å². The minimum atomic E-state index is -0.857. The number of aromatic nitrogens is 4. The number of esters is 1. The molecule has 0 amide bonds. The molecular weight excluding hydrogens is 556 g/mol. The molecule has 218 valence electrons. The number of rotatable bonds is 10. The standard InChI is InChI=1S/C31H26N4O8/c1-3-15-39-29-32-24-10-6-9-23(28(36)40-17-25-18(2)41-31(38)42-25)26(24)35(29)16-19-11-13-20(14-12-19)21-7-4-5-8-22(21)27-33-30(37)43-34-27/h4-14H,3,15-17H2,1-2H3,(H,33,34,37). The number of fused-ring (bicyclic) bond motifs is 1. The number of para-hydroxylation sites is 1. The molecule has 0 saturated heterocycles. The van der Waals surface area contributed by atoms with Crippen LogP contribution in [0.3, 0.4) is 0 Å². The Labute approximate surface area is 243 Å². The molecule has 6 rings (SSSR count). The molecule has 1 N–H and O–H groups in total. The number of imidazole rings is 1. The van der Waals surface area contributed by atoms with E-state index in [0.29, 0.717) is 36.0 Å². The number of hydrogen-bond acceptors (Lipinski definition) is 10. The first-order chi connectivity index (χ1) is 20.9. The van der Waals surface area contributed by atoms with Gasteiger partial charge in [-0.1, -0.05) is 66.7 Å². The van der Waals surface area contributed by atoms with E-state index in [1.54, 1.807) is 25.1 Å². The average molecular weight is 583 g/mol. The van der Waals surface area contributed by atoms with Crippen LogP contribution in [0.5, 0.6) is 6.01 Å². The number of hydrogen-bond donors (Lipinski definition) is 1. The number of H-pyrrole nitrogens is 1. The monoisotopic (exact) mass is 582 g/mol. The first-order valence-corrected chi connectivity index (χ1v) is 13.5. The van der Waals surface area contributed by atoms with Gasteiger partial charge in [0.1, 0.15) is 0 Å². The Morgan fingerprint density at radius 2 is 1.77 bits per heavy atom. The maximum absolute atomic E-state index is 13.2. The second kappa shape index (κ2) is 11.7. The highest BCUT2D eigenvalue weighted by molar-refractivity contribution is 6.02. The molecule has 0 aliphatic carbocycles. The van der Waals surface area contributed by atoms with Crippen LogP contribution >= 0.6 is 0 Å². The van der Waals surface area contributed by atoms with E-state index >= 15 is 0 Å². The van der Waals surface area contributed by atoms with Crippen LogP contribution in [-0.2, 0) is 17.9 Å². The fraction of sp³-hybridized carbons (Fsp3) is 0.194. The summed E-state index contributed by atoms with van der Waals surface area (Å²) in [6.07, 6.45) is 0.776. The summed E-state index contributed by atoms with van der Waals surface area (Å²) in [4.78, 5) is 43.4. The van der Waals surface area contributed by atoms with E-state index in [0.717, 1.165) is 28.7 Å². The SMILES string of the molecule is CCCOc1nc2cccc(C(=O)OCc3oc(=O)oc3C)c2n1Cc1ccc(-c2ccccc2-c2noc(=O)[nH]2)cc1. The quantitative estimate of drug-likeness (QED) is 0.216. The van der Waals surface area contributed by atoms with Gasteiger partial charge < -0.3 is 18.3 Å². The molecule has 12 heteroatoms. The van der Waals surface area contributed by atoms with Crippen LogP contribution in [0, 0.1) is 6.92 Å². The van der Waals surface area contributed by atoms with Gasteiger partial charge in [0.2, 0.25) is 0 Å². The smallest absolute Gasteiger partial charge is 0.465 e. The molecule has 3 heterocycles. The normalized spacial score (nSPS) is 11.2. The lowest BCUT2D eigenvalue weighted by Gasteiger charge is -2.13. The molecule has 0 saturated carbocycles. The summed E-state index contributed by atoms with van der Waals surface area (Å²) in [5.74, 6) is -1.37. The van der Waals surface area contributed by atoms with Gasteiger partial charge in [-0.15, -0.1) is 0 Å². The van der Waals surface area contributed by atoms with Crippen molar-refractivity contribution in [2.24, 2.45) is 0 Å². The van der Waals surface area contributed by atoms with Gasteiger partial charge in [0.25, 0.3) is 6.01 Å². The lowest BCUT2D eigenvalue weighted by molar-refractivity contribution is 0.0444. The molecule has 0 bridgehead atoms. The number of ether oxygens (including phenoxy) is 2. The highest BCUT2D eigenvalue weighted by atomic mass is 16.6. The zero-order valence-electron chi connectivity index (χ0n) is 23.3. The van der Waals surface area contributed by atoms with Gasteiger partial charge in [0.05, 0.1) is 29.7 Å². The van der Waals surface area contributed by atoms with Gasteiger partial charge in [-0.05, 0) is 42.2 Å². The molecule has 0 fully saturated rings. The van der Waals surface area contributed by atoms with E-state index in [2.05, 4.69) is 15.1 Å². The Kier molecular flexibility index (Phi) is 7.48. The van der Waals surface area contributed by atoms with Gasteiger partial charge >= 0.3 is 17.5 Å². The van der Waals surface area contributed by atoms with E-state index in [-0.39, 0.29) is 23.7 Å². The Balaban J connectivity index is 1.32. The number of nitrogens with one attached hydrogen (secondary N) is 1. The molecule has 12 nitrogen and oxygen atoms in total. The van der Waals surface area contributed by atoms with Crippen molar-refractivity contribution in [3.05, 3.63) is 111 Å².